The highest BCUT2D eigenvalue weighted by Gasteiger charge is 2.34. The molecule has 15 heavy (non-hydrogen) atoms. The minimum atomic E-state index is -4.47. The molecule has 0 saturated carbocycles. The van der Waals surface area contributed by atoms with Gasteiger partial charge in [-0.2, -0.15) is 13.2 Å². The van der Waals surface area contributed by atoms with Crippen molar-refractivity contribution in [3.05, 3.63) is 29.0 Å². The van der Waals surface area contributed by atoms with Gasteiger partial charge in [-0.15, -0.1) is 0 Å². The summed E-state index contributed by atoms with van der Waals surface area (Å²) in [6, 6.07) is 2.01. The quantitative estimate of drug-likeness (QED) is 0.708. The molecule has 0 aliphatic rings. The number of nitrogen functional groups attached to an aromatic ring is 1. The Kier molecular flexibility index (Phi) is 2.08. The Labute approximate surface area is 87.4 Å². The molecule has 0 bridgehead atoms. The topological polar surface area (TPSA) is 39.2 Å². The number of halogens is 4. The highest BCUT2D eigenvalue weighted by molar-refractivity contribution is 6.34. The number of furan rings is 1. The van der Waals surface area contributed by atoms with Gasteiger partial charge in [0.15, 0.2) is 5.58 Å². The number of benzene rings is 1. The Hall–Kier alpha value is -1.36. The van der Waals surface area contributed by atoms with Crippen molar-refractivity contribution in [2.75, 3.05) is 5.73 Å². The molecule has 0 atom stereocenters. The van der Waals surface area contributed by atoms with Gasteiger partial charge in [-0.1, -0.05) is 11.6 Å². The lowest BCUT2D eigenvalue weighted by atomic mass is 10.1. The van der Waals surface area contributed by atoms with Crippen LogP contribution in [0.1, 0.15) is 5.56 Å². The first-order valence-electron chi connectivity index (χ1n) is 3.93. The standard InChI is InChI=1S/C9H5ClF3NO/c10-6-3-5(9(11,12)13)4-1-2-15-8(4)7(6)14/h1-3H,14H2. The summed E-state index contributed by atoms with van der Waals surface area (Å²) in [6.45, 7) is 0. The summed E-state index contributed by atoms with van der Waals surface area (Å²) in [7, 11) is 0. The summed E-state index contributed by atoms with van der Waals surface area (Å²) < 4.78 is 42.6. The second kappa shape index (κ2) is 3.06. The smallest absolute Gasteiger partial charge is 0.417 e. The third-order valence-corrected chi connectivity index (χ3v) is 2.35. The van der Waals surface area contributed by atoms with E-state index in [-0.39, 0.29) is 21.7 Å². The Morgan fingerprint density at radius 2 is 2.00 bits per heavy atom. The van der Waals surface area contributed by atoms with Crippen molar-refractivity contribution in [2.24, 2.45) is 0 Å². The second-order valence-corrected chi connectivity index (χ2v) is 3.39. The minimum Gasteiger partial charge on any atom is -0.462 e. The van der Waals surface area contributed by atoms with Crippen LogP contribution in [0.15, 0.2) is 22.8 Å². The number of fused-ring (bicyclic) bond motifs is 1. The molecule has 2 aromatic rings. The van der Waals surface area contributed by atoms with E-state index in [4.69, 9.17) is 21.8 Å². The zero-order chi connectivity index (χ0) is 11.2. The van der Waals surface area contributed by atoms with Crippen molar-refractivity contribution in [3.8, 4) is 0 Å². The van der Waals surface area contributed by atoms with Gasteiger partial charge in [0.25, 0.3) is 0 Å². The molecule has 0 fully saturated rings. The van der Waals surface area contributed by atoms with E-state index in [1.807, 2.05) is 0 Å². The van der Waals surface area contributed by atoms with E-state index in [2.05, 4.69) is 0 Å². The molecule has 0 unspecified atom stereocenters. The second-order valence-electron chi connectivity index (χ2n) is 2.98. The van der Waals surface area contributed by atoms with Gasteiger partial charge in [0.05, 0.1) is 22.5 Å². The molecule has 2 rings (SSSR count). The largest absolute Gasteiger partial charge is 0.462 e. The zero-order valence-corrected chi connectivity index (χ0v) is 7.99. The van der Waals surface area contributed by atoms with E-state index >= 15 is 0 Å². The number of nitrogens with two attached hydrogens (primary N) is 1. The molecule has 1 aromatic heterocycles. The maximum atomic E-state index is 12.6. The number of hydrogen-bond acceptors (Lipinski definition) is 2. The van der Waals surface area contributed by atoms with Crippen LogP contribution in [0.5, 0.6) is 0 Å². The molecule has 0 radical (unpaired) electrons. The Balaban J connectivity index is 2.86. The molecule has 1 aromatic carbocycles. The van der Waals surface area contributed by atoms with Crippen molar-refractivity contribution in [1.82, 2.24) is 0 Å². The van der Waals surface area contributed by atoms with Crippen molar-refractivity contribution in [3.63, 3.8) is 0 Å². The predicted molar refractivity (Wildman–Crippen MR) is 50.6 cm³/mol. The molecule has 1 heterocycles. The molecule has 0 amide bonds. The fourth-order valence-corrected chi connectivity index (χ4v) is 1.55. The van der Waals surface area contributed by atoms with Crippen LogP contribution in [-0.2, 0) is 6.18 Å². The monoisotopic (exact) mass is 235 g/mol. The van der Waals surface area contributed by atoms with Crippen LogP contribution in [0, 0.1) is 0 Å². The average molecular weight is 236 g/mol. The van der Waals surface area contributed by atoms with E-state index < -0.39 is 11.7 Å². The highest BCUT2D eigenvalue weighted by atomic mass is 35.5. The van der Waals surface area contributed by atoms with Crippen LogP contribution in [0.2, 0.25) is 5.02 Å². The van der Waals surface area contributed by atoms with Gasteiger partial charge in [0.1, 0.15) is 0 Å². The summed E-state index contributed by atoms with van der Waals surface area (Å²) in [5.74, 6) is 0. The third kappa shape index (κ3) is 1.52. The molecule has 80 valence electrons. The lowest BCUT2D eigenvalue weighted by Gasteiger charge is -2.09. The van der Waals surface area contributed by atoms with E-state index in [9.17, 15) is 13.2 Å². The van der Waals surface area contributed by atoms with Crippen molar-refractivity contribution in [2.45, 2.75) is 6.18 Å². The molecular formula is C9H5ClF3NO. The fourth-order valence-electron chi connectivity index (χ4n) is 1.36. The summed E-state index contributed by atoms with van der Waals surface area (Å²) >= 11 is 5.57. The van der Waals surface area contributed by atoms with Gasteiger partial charge in [-0.3, -0.25) is 0 Å². The first-order valence-corrected chi connectivity index (χ1v) is 4.31. The maximum absolute atomic E-state index is 12.6. The number of rotatable bonds is 0. The van der Waals surface area contributed by atoms with Crippen LogP contribution >= 0.6 is 11.6 Å². The number of hydrogen-bond donors (Lipinski definition) is 1. The first-order chi connectivity index (χ1) is 6.91. The van der Waals surface area contributed by atoms with Crippen LogP contribution in [0.4, 0.5) is 18.9 Å². The van der Waals surface area contributed by atoms with Crippen LogP contribution in [0.3, 0.4) is 0 Å². The predicted octanol–water partition coefficient (Wildman–Crippen LogP) is 3.69. The van der Waals surface area contributed by atoms with E-state index in [1.54, 1.807) is 0 Å². The molecular weight excluding hydrogens is 231 g/mol. The van der Waals surface area contributed by atoms with Gasteiger partial charge in [0, 0.05) is 5.39 Å². The molecule has 0 aliphatic carbocycles. The molecule has 0 saturated heterocycles. The summed E-state index contributed by atoms with van der Waals surface area (Å²) in [4.78, 5) is 0. The van der Waals surface area contributed by atoms with Gasteiger partial charge in [0.2, 0.25) is 0 Å². The Morgan fingerprint density at radius 3 is 2.60 bits per heavy atom. The van der Waals surface area contributed by atoms with Gasteiger partial charge in [-0.05, 0) is 12.1 Å². The normalized spacial score (nSPS) is 12.3. The van der Waals surface area contributed by atoms with Gasteiger partial charge < -0.3 is 10.2 Å². The molecule has 6 heteroatoms. The SMILES string of the molecule is Nc1c(Cl)cc(C(F)(F)F)c2ccoc12. The molecule has 2 nitrogen and oxygen atoms in total. The minimum absolute atomic E-state index is 0.0182. The highest BCUT2D eigenvalue weighted by Crippen LogP contribution is 2.40. The summed E-state index contributed by atoms with van der Waals surface area (Å²) in [5.41, 5.74) is 4.63. The van der Waals surface area contributed by atoms with Crippen molar-refractivity contribution < 1.29 is 17.6 Å². The van der Waals surface area contributed by atoms with Gasteiger partial charge >= 0.3 is 6.18 Å². The molecule has 0 aliphatic heterocycles. The summed E-state index contributed by atoms with van der Waals surface area (Å²) in [5, 5.41) is -0.242. The van der Waals surface area contributed by atoms with Crippen molar-refractivity contribution >= 4 is 28.3 Å². The van der Waals surface area contributed by atoms with E-state index in [0.29, 0.717) is 0 Å². The molecule has 2 N–H and O–H groups in total. The fraction of sp³-hybridized carbons (Fsp3) is 0.111. The average Bonchev–Trinajstić information content (AvgIpc) is 2.57. The van der Waals surface area contributed by atoms with E-state index in [0.717, 1.165) is 12.3 Å². The Bertz CT molecular complexity index is 518. The maximum Gasteiger partial charge on any atom is 0.417 e. The lowest BCUT2D eigenvalue weighted by Crippen LogP contribution is -2.06. The Morgan fingerprint density at radius 1 is 1.33 bits per heavy atom. The summed E-state index contributed by atoms with van der Waals surface area (Å²) in [6.07, 6.45) is -3.33. The van der Waals surface area contributed by atoms with Gasteiger partial charge in [-0.25, -0.2) is 0 Å². The first kappa shape index (κ1) is 10.2. The third-order valence-electron chi connectivity index (χ3n) is 2.03. The van der Waals surface area contributed by atoms with Crippen LogP contribution in [0.25, 0.3) is 11.0 Å². The van der Waals surface area contributed by atoms with Crippen molar-refractivity contribution in [1.29, 1.82) is 0 Å². The van der Waals surface area contributed by atoms with E-state index in [1.165, 1.54) is 6.07 Å². The molecule has 0 spiro atoms. The lowest BCUT2D eigenvalue weighted by molar-refractivity contribution is -0.136. The zero-order valence-electron chi connectivity index (χ0n) is 7.23. The number of alkyl halides is 3. The number of anilines is 1. The van der Waals surface area contributed by atoms with Crippen LogP contribution in [-0.4, -0.2) is 0 Å². The van der Waals surface area contributed by atoms with Crippen LogP contribution < -0.4 is 5.73 Å².